The van der Waals surface area contributed by atoms with Crippen LogP contribution in [0.25, 0.3) is 11.1 Å². The van der Waals surface area contributed by atoms with Gasteiger partial charge in [0.05, 0.1) is 11.9 Å². The van der Waals surface area contributed by atoms with Gasteiger partial charge in [-0.1, -0.05) is 6.92 Å². The van der Waals surface area contributed by atoms with Gasteiger partial charge in [-0.05, 0) is 18.2 Å². The number of carbonyl (C=O) groups excluding carboxylic acids is 1. The Balaban J connectivity index is 2.32. The Morgan fingerprint density at radius 1 is 1.44 bits per heavy atom. The van der Waals surface area contributed by atoms with E-state index >= 15 is 0 Å². The third kappa shape index (κ3) is 2.32. The third-order valence-electron chi connectivity index (χ3n) is 2.63. The largest absolute Gasteiger partial charge is 0.481 e. The quantitative estimate of drug-likeness (QED) is 0.798. The first-order valence-electron chi connectivity index (χ1n) is 5.36. The first kappa shape index (κ1) is 12.1. The second kappa shape index (κ2) is 4.48. The van der Waals surface area contributed by atoms with E-state index in [1.54, 1.807) is 13.0 Å². The Morgan fingerprint density at radius 2 is 2.17 bits per heavy atom. The number of Topliss-reactive ketones (excluding diaryl/α,β-unsaturated/α-hetero) is 1. The van der Waals surface area contributed by atoms with Crippen LogP contribution in [0.5, 0.6) is 0 Å². The molecule has 0 aliphatic carbocycles. The summed E-state index contributed by atoms with van der Waals surface area (Å²) in [5, 5.41) is 8.64. The van der Waals surface area contributed by atoms with Crippen molar-refractivity contribution in [1.29, 1.82) is 0 Å². The second-order valence-electron chi connectivity index (χ2n) is 4.09. The molecule has 0 fully saturated rings. The summed E-state index contributed by atoms with van der Waals surface area (Å²) in [6, 6.07) is 4.53. The molecule has 0 aliphatic heterocycles. The van der Waals surface area contributed by atoms with Crippen molar-refractivity contribution in [3.05, 3.63) is 34.3 Å². The number of carboxylic acids is 1. The summed E-state index contributed by atoms with van der Waals surface area (Å²) in [5.41, 5.74) is 1.12. The van der Waals surface area contributed by atoms with Gasteiger partial charge in [0.1, 0.15) is 0 Å². The third-order valence-corrected chi connectivity index (χ3v) is 2.63. The fraction of sp³-hybridized carbons (Fsp3) is 0.250. The molecule has 0 saturated heterocycles. The molecule has 0 spiro atoms. The maximum absolute atomic E-state index is 11.9. The standard InChI is InChI=1S/C12H11NO5/c1-6(4-10(14)15)11(16)7-2-3-8-9(5-7)18-12(17)13-8/h2-3,5-6H,4H2,1H3,(H,13,17)(H,14,15). The number of aromatic nitrogens is 1. The van der Waals surface area contributed by atoms with Crippen molar-refractivity contribution in [3.8, 4) is 0 Å². The van der Waals surface area contributed by atoms with Crippen LogP contribution in [0.3, 0.4) is 0 Å². The van der Waals surface area contributed by atoms with Gasteiger partial charge >= 0.3 is 11.7 Å². The molecule has 2 N–H and O–H groups in total. The van der Waals surface area contributed by atoms with E-state index in [0.717, 1.165) is 0 Å². The number of H-pyrrole nitrogens is 1. The Morgan fingerprint density at radius 3 is 2.83 bits per heavy atom. The molecular formula is C12H11NO5. The number of ketones is 1. The van der Waals surface area contributed by atoms with Crippen molar-refractivity contribution in [3.63, 3.8) is 0 Å². The summed E-state index contributed by atoms with van der Waals surface area (Å²) in [4.78, 5) is 35.9. The fourth-order valence-electron chi connectivity index (χ4n) is 1.74. The van der Waals surface area contributed by atoms with Crippen LogP contribution in [0.4, 0.5) is 0 Å². The number of benzene rings is 1. The van der Waals surface area contributed by atoms with Crippen molar-refractivity contribution in [1.82, 2.24) is 4.98 Å². The monoisotopic (exact) mass is 249 g/mol. The molecule has 2 rings (SSSR count). The Labute approximate surface area is 101 Å². The average molecular weight is 249 g/mol. The molecule has 1 aromatic carbocycles. The van der Waals surface area contributed by atoms with Gasteiger partial charge in [0, 0.05) is 11.5 Å². The van der Waals surface area contributed by atoms with Crippen LogP contribution in [0, 0.1) is 5.92 Å². The lowest BCUT2D eigenvalue weighted by Gasteiger charge is -2.07. The number of carboxylic acid groups (broad SMARTS) is 1. The fourth-order valence-corrected chi connectivity index (χ4v) is 1.74. The highest BCUT2D eigenvalue weighted by atomic mass is 16.4. The van der Waals surface area contributed by atoms with Gasteiger partial charge < -0.3 is 9.52 Å². The summed E-state index contributed by atoms with van der Waals surface area (Å²) in [6.07, 6.45) is -0.228. The summed E-state index contributed by atoms with van der Waals surface area (Å²) in [6.45, 7) is 1.55. The van der Waals surface area contributed by atoms with Crippen molar-refractivity contribution >= 4 is 22.9 Å². The highest BCUT2D eigenvalue weighted by molar-refractivity contribution is 6.01. The molecule has 0 saturated carbocycles. The SMILES string of the molecule is CC(CC(=O)O)C(=O)c1ccc2[nH]c(=O)oc2c1. The molecule has 6 heteroatoms. The van der Waals surface area contributed by atoms with Gasteiger partial charge in [0.2, 0.25) is 0 Å². The zero-order chi connectivity index (χ0) is 13.3. The van der Waals surface area contributed by atoms with Crippen LogP contribution in [0.2, 0.25) is 0 Å². The van der Waals surface area contributed by atoms with E-state index in [4.69, 9.17) is 9.52 Å². The predicted octanol–water partition coefficient (Wildman–Crippen LogP) is 1.41. The molecule has 18 heavy (non-hydrogen) atoms. The number of aliphatic carboxylic acids is 1. The normalized spacial score (nSPS) is 12.5. The van der Waals surface area contributed by atoms with Gasteiger partial charge in [-0.3, -0.25) is 14.6 Å². The summed E-state index contributed by atoms with van der Waals surface area (Å²) in [5.74, 6) is -2.52. The summed E-state index contributed by atoms with van der Waals surface area (Å²) < 4.78 is 4.84. The number of hydrogen-bond acceptors (Lipinski definition) is 4. The molecule has 6 nitrogen and oxygen atoms in total. The van der Waals surface area contributed by atoms with E-state index in [0.29, 0.717) is 11.1 Å². The molecule has 1 atom stereocenters. The number of oxazole rings is 1. The maximum Gasteiger partial charge on any atom is 0.417 e. The number of aromatic amines is 1. The molecule has 0 radical (unpaired) electrons. The van der Waals surface area contributed by atoms with Crippen LogP contribution >= 0.6 is 0 Å². The lowest BCUT2D eigenvalue weighted by molar-refractivity contribution is -0.137. The Bertz CT molecular complexity index is 666. The maximum atomic E-state index is 11.9. The molecule has 0 bridgehead atoms. The van der Waals surface area contributed by atoms with E-state index in [1.165, 1.54) is 12.1 Å². The Kier molecular flexibility index (Phi) is 3.01. The minimum Gasteiger partial charge on any atom is -0.481 e. The van der Waals surface area contributed by atoms with Crippen molar-refractivity contribution in [2.45, 2.75) is 13.3 Å². The molecular weight excluding hydrogens is 238 g/mol. The number of rotatable bonds is 4. The highest BCUT2D eigenvalue weighted by Crippen LogP contribution is 2.17. The topological polar surface area (TPSA) is 100 Å². The van der Waals surface area contributed by atoms with Crippen LogP contribution in [-0.4, -0.2) is 21.8 Å². The number of hydrogen-bond donors (Lipinski definition) is 2. The van der Waals surface area contributed by atoms with Crippen LogP contribution < -0.4 is 5.76 Å². The molecule has 1 unspecified atom stereocenters. The van der Waals surface area contributed by atoms with E-state index in [2.05, 4.69) is 4.98 Å². The van der Waals surface area contributed by atoms with Gasteiger partial charge in [-0.25, -0.2) is 4.79 Å². The summed E-state index contributed by atoms with van der Waals surface area (Å²) >= 11 is 0. The molecule has 94 valence electrons. The smallest absolute Gasteiger partial charge is 0.417 e. The zero-order valence-electron chi connectivity index (χ0n) is 9.60. The summed E-state index contributed by atoms with van der Waals surface area (Å²) in [7, 11) is 0. The number of fused-ring (bicyclic) bond motifs is 1. The second-order valence-corrected chi connectivity index (χ2v) is 4.09. The van der Waals surface area contributed by atoms with Gasteiger partial charge in [0.25, 0.3) is 0 Å². The first-order valence-corrected chi connectivity index (χ1v) is 5.36. The lowest BCUT2D eigenvalue weighted by Crippen LogP contribution is -2.15. The molecule has 1 aromatic heterocycles. The average Bonchev–Trinajstić information content (AvgIpc) is 2.65. The first-order chi connectivity index (χ1) is 8.47. The van der Waals surface area contributed by atoms with Crippen molar-refractivity contribution in [2.75, 3.05) is 0 Å². The minimum absolute atomic E-state index is 0.228. The molecule has 0 amide bonds. The zero-order valence-corrected chi connectivity index (χ0v) is 9.60. The number of nitrogens with one attached hydrogen (secondary N) is 1. The molecule has 1 heterocycles. The highest BCUT2D eigenvalue weighted by Gasteiger charge is 2.19. The van der Waals surface area contributed by atoms with Crippen LogP contribution in [-0.2, 0) is 4.79 Å². The predicted molar refractivity (Wildman–Crippen MR) is 62.6 cm³/mol. The van der Waals surface area contributed by atoms with Crippen molar-refractivity contribution in [2.24, 2.45) is 5.92 Å². The molecule has 2 aromatic rings. The Hall–Kier alpha value is -2.37. The van der Waals surface area contributed by atoms with Gasteiger partial charge in [-0.15, -0.1) is 0 Å². The lowest BCUT2D eigenvalue weighted by atomic mass is 9.96. The molecule has 0 aliphatic rings. The van der Waals surface area contributed by atoms with E-state index in [1.807, 2.05) is 0 Å². The van der Waals surface area contributed by atoms with Crippen LogP contribution in [0.15, 0.2) is 27.4 Å². The minimum atomic E-state index is -1.02. The van der Waals surface area contributed by atoms with Crippen LogP contribution in [0.1, 0.15) is 23.7 Å². The van der Waals surface area contributed by atoms with Gasteiger partial charge in [-0.2, -0.15) is 0 Å². The van der Waals surface area contributed by atoms with E-state index in [9.17, 15) is 14.4 Å². The number of carbonyl (C=O) groups is 2. The van der Waals surface area contributed by atoms with E-state index in [-0.39, 0.29) is 17.8 Å². The van der Waals surface area contributed by atoms with Gasteiger partial charge in [0.15, 0.2) is 11.4 Å². The van der Waals surface area contributed by atoms with Crippen molar-refractivity contribution < 1.29 is 19.1 Å². The van der Waals surface area contributed by atoms with E-state index < -0.39 is 17.6 Å².